The normalized spacial score (nSPS) is 10.1. The summed E-state index contributed by atoms with van der Waals surface area (Å²) in [6.07, 6.45) is 1.60. The van der Waals surface area contributed by atoms with Crippen LogP contribution in [0.15, 0.2) is 41.0 Å². The van der Waals surface area contributed by atoms with Crippen molar-refractivity contribution in [2.24, 2.45) is 0 Å². The van der Waals surface area contributed by atoms with Gasteiger partial charge in [0.15, 0.2) is 0 Å². The van der Waals surface area contributed by atoms with E-state index >= 15 is 0 Å². The molecule has 0 unspecified atom stereocenters. The first-order chi connectivity index (χ1) is 9.11. The summed E-state index contributed by atoms with van der Waals surface area (Å²) in [6.45, 7) is 0. The second kappa shape index (κ2) is 6.04. The number of rotatable bonds is 3. The zero-order chi connectivity index (χ0) is 13.8. The molecule has 0 spiro atoms. The minimum Gasteiger partial charge on any atom is -0.355 e. The van der Waals surface area contributed by atoms with Crippen molar-refractivity contribution < 1.29 is 4.79 Å². The third kappa shape index (κ3) is 3.24. The van der Waals surface area contributed by atoms with Crippen LogP contribution in [-0.4, -0.2) is 17.9 Å². The molecule has 2 aromatic rings. The second-order valence-corrected chi connectivity index (χ2v) is 4.98. The summed E-state index contributed by atoms with van der Waals surface area (Å²) in [5.74, 6) is -0.153. The Morgan fingerprint density at radius 3 is 2.79 bits per heavy atom. The maximum Gasteiger partial charge on any atom is 0.253 e. The van der Waals surface area contributed by atoms with Gasteiger partial charge in [-0.15, -0.1) is 0 Å². The zero-order valence-electron chi connectivity index (χ0n) is 10.1. The summed E-state index contributed by atoms with van der Waals surface area (Å²) in [6, 6.07) is 8.92. The van der Waals surface area contributed by atoms with Gasteiger partial charge in [-0.25, -0.2) is 4.98 Å². The lowest BCUT2D eigenvalue weighted by molar-refractivity contribution is 0.0964. The topological polar surface area (TPSA) is 54.0 Å². The minimum absolute atomic E-state index is 0.153. The SMILES string of the molecule is CNC(=O)c1ccccc1Nc1cc(Cl)ncc1Br. The molecule has 4 nitrogen and oxygen atoms in total. The van der Waals surface area contributed by atoms with Crippen LogP contribution in [0.1, 0.15) is 10.4 Å². The van der Waals surface area contributed by atoms with Crippen LogP contribution < -0.4 is 10.6 Å². The quantitative estimate of drug-likeness (QED) is 0.839. The number of anilines is 2. The molecule has 0 saturated heterocycles. The molecular formula is C13H11BrClN3O. The third-order valence-corrected chi connectivity index (χ3v) is 3.33. The predicted molar refractivity (Wildman–Crippen MR) is 80.1 cm³/mol. The number of pyridine rings is 1. The van der Waals surface area contributed by atoms with Crippen LogP contribution in [0.2, 0.25) is 5.15 Å². The Hall–Kier alpha value is -1.59. The number of para-hydroxylation sites is 1. The fraction of sp³-hybridized carbons (Fsp3) is 0.0769. The summed E-state index contributed by atoms with van der Waals surface area (Å²) >= 11 is 9.24. The molecule has 2 N–H and O–H groups in total. The average Bonchev–Trinajstić information content (AvgIpc) is 2.42. The highest BCUT2D eigenvalue weighted by molar-refractivity contribution is 9.10. The summed E-state index contributed by atoms with van der Waals surface area (Å²) in [7, 11) is 1.60. The summed E-state index contributed by atoms with van der Waals surface area (Å²) in [4.78, 5) is 15.7. The van der Waals surface area contributed by atoms with Crippen LogP contribution in [0, 0.1) is 0 Å². The Balaban J connectivity index is 2.38. The number of carbonyl (C=O) groups is 1. The molecular weight excluding hydrogens is 330 g/mol. The molecule has 98 valence electrons. The smallest absolute Gasteiger partial charge is 0.253 e. The number of aromatic nitrogens is 1. The van der Waals surface area contributed by atoms with Crippen molar-refractivity contribution in [2.45, 2.75) is 0 Å². The Labute approximate surface area is 124 Å². The van der Waals surface area contributed by atoms with E-state index in [0.717, 1.165) is 10.2 Å². The van der Waals surface area contributed by atoms with Gasteiger partial charge in [0.2, 0.25) is 0 Å². The Morgan fingerprint density at radius 2 is 2.05 bits per heavy atom. The van der Waals surface area contributed by atoms with Gasteiger partial charge in [-0.1, -0.05) is 23.7 Å². The van der Waals surface area contributed by atoms with Gasteiger partial charge in [-0.3, -0.25) is 4.79 Å². The molecule has 1 amide bonds. The summed E-state index contributed by atoms with van der Waals surface area (Å²) < 4.78 is 0.767. The monoisotopic (exact) mass is 339 g/mol. The van der Waals surface area contributed by atoms with E-state index in [4.69, 9.17) is 11.6 Å². The van der Waals surface area contributed by atoms with Crippen molar-refractivity contribution in [3.8, 4) is 0 Å². The van der Waals surface area contributed by atoms with E-state index < -0.39 is 0 Å². The number of halogens is 2. The number of amides is 1. The second-order valence-electron chi connectivity index (χ2n) is 3.74. The molecule has 0 atom stereocenters. The highest BCUT2D eigenvalue weighted by Gasteiger charge is 2.10. The van der Waals surface area contributed by atoms with Crippen LogP contribution in [0.25, 0.3) is 0 Å². The first-order valence-electron chi connectivity index (χ1n) is 5.51. The highest BCUT2D eigenvalue weighted by Crippen LogP contribution is 2.28. The lowest BCUT2D eigenvalue weighted by Gasteiger charge is -2.12. The maximum atomic E-state index is 11.8. The van der Waals surface area contributed by atoms with E-state index in [9.17, 15) is 4.79 Å². The largest absolute Gasteiger partial charge is 0.355 e. The van der Waals surface area contributed by atoms with E-state index in [0.29, 0.717) is 16.4 Å². The number of nitrogens with zero attached hydrogens (tertiary/aromatic N) is 1. The third-order valence-electron chi connectivity index (χ3n) is 2.49. The predicted octanol–water partition coefficient (Wildman–Crippen LogP) is 3.60. The van der Waals surface area contributed by atoms with Gasteiger partial charge in [-0.05, 0) is 28.1 Å². The number of nitrogens with one attached hydrogen (secondary N) is 2. The molecule has 1 aromatic heterocycles. The van der Waals surface area contributed by atoms with Crippen LogP contribution >= 0.6 is 27.5 Å². The van der Waals surface area contributed by atoms with E-state index in [1.165, 1.54) is 0 Å². The van der Waals surface area contributed by atoms with Crippen molar-refractivity contribution >= 4 is 44.8 Å². The van der Waals surface area contributed by atoms with Crippen LogP contribution in [0.5, 0.6) is 0 Å². The number of hydrogen-bond donors (Lipinski definition) is 2. The lowest BCUT2D eigenvalue weighted by atomic mass is 10.1. The molecule has 0 bridgehead atoms. The lowest BCUT2D eigenvalue weighted by Crippen LogP contribution is -2.19. The molecule has 0 aliphatic carbocycles. The van der Waals surface area contributed by atoms with Gasteiger partial charge in [0, 0.05) is 19.3 Å². The van der Waals surface area contributed by atoms with E-state index in [2.05, 4.69) is 31.5 Å². The standard InChI is InChI=1S/C13H11BrClN3O/c1-16-13(19)8-4-2-3-5-10(8)18-11-6-12(15)17-7-9(11)14/h2-7H,1H3,(H,16,19)(H,17,18). The van der Waals surface area contributed by atoms with Crippen molar-refractivity contribution in [3.63, 3.8) is 0 Å². The first-order valence-corrected chi connectivity index (χ1v) is 6.68. The van der Waals surface area contributed by atoms with E-state index in [1.807, 2.05) is 18.2 Å². The summed E-state index contributed by atoms with van der Waals surface area (Å²) in [5.41, 5.74) is 2.01. The Morgan fingerprint density at radius 1 is 1.32 bits per heavy atom. The molecule has 1 heterocycles. The van der Waals surface area contributed by atoms with Crippen molar-refractivity contribution in [2.75, 3.05) is 12.4 Å². The zero-order valence-corrected chi connectivity index (χ0v) is 12.4. The molecule has 19 heavy (non-hydrogen) atoms. The van der Waals surface area contributed by atoms with Crippen molar-refractivity contribution in [1.29, 1.82) is 0 Å². The fourth-order valence-electron chi connectivity index (χ4n) is 1.58. The van der Waals surface area contributed by atoms with E-state index in [-0.39, 0.29) is 5.91 Å². The minimum atomic E-state index is -0.153. The van der Waals surface area contributed by atoms with Crippen LogP contribution in [-0.2, 0) is 0 Å². The van der Waals surface area contributed by atoms with Gasteiger partial charge in [0.25, 0.3) is 5.91 Å². The van der Waals surface area contributed by atoms with Crippen molar-refractivity contribution in [1.82, 2.24) is 10.3 Å². The van der Waals surface area contributed by atoms with Gasteiger partial charge >= 0.3 is 0 Å². The molecule has 0 saturated carbocycles. The van der Waals surface area contributed by atoms with E-state index in [1.54, 1.807) is 25.4 Å². The number of benzene rings is 1. The maximum absolute atomic E-state index is 11.8. The van der Waals surface area contributed by atoms with Gasteiger partial charge < -0.3 is 10.6 Å². The van der Waals surface area contributed by atoms with Gasteiger partial charge in [0.05, 0.1) is 21.4 Å². The average molecular weight is 341 g/mol. The highest BCUT2D eigenvalue weighted by atomic mass is 79.9. The van der Waals surface area contributed by atoms with Crippen LogP contribution in [0.3, 0.4) is 0 Å². The molecule has 0 aliphatic heterocycles. The molecule has 0 radical (unpaired) electrons. The van der Waals surface area contributed by atoms with Crippen molar-refractivity contribution in [3.05, 3.63) is 51.7 Å². The fourth-order valence-corrected chi connectivity index (χ4v) is 2.05. The van der Waals surface area contributed by atoms with Gasteiger partial charge in [0.1, 0.15) is 5.15 Å². The van der Waals surface area contributed by atoms with Crippen LogP contribution in [0.4, 0.5) is 11.4 Å². The van der Waals surface area contributed by atoms with Gasteiger partial charge in [-0.2, -0.15) is 0 Å². The molecule has 1 aromatic carbocycles. The Kier molecular flexibility index (Phi) is 4.39. The molecule has 2 rings (SSSR count). The summed E-state index contributed by atoms with van der Waals surface area (Å²) in [5, 5.41) is 6.15. The molecule has 6 heteroatoms. The Bertz CT molecular complexity index is 619. The first kappa shape index (κ1) is 13.8. The molecule has 0 fully saturated rings. The number of carbonyl (C=O) groups excluding carboxylic acids is 1. The number of hydrogen-bond acceptors (Lipinski definition) is 3. The molecule has 0 aliphatic rings.